The van der Waals surface area contributed by atoms with Gasteiger partial charge in [-0.1, -0.05) is 30.4 Å². The van der Waals surface area contributed by atoms with Gasteiger partial charge in [0.05, 0.1) is 11.8 Å². The molecule has 3 atom stereocenters. The van der Waals surface area contributed by atoms with Crippen LogP contribution >= 0.6 is 12.6 Å². The number of hydrogen-bond donors (Lipinski definition) is 2. The van der Waals surface area contributed by atoms with E-state index in [2.05, 4.69) is 17.9 Å². The third kappa shape index (κ3) is 1.68. The number of rotatable bonds is 1. The normalized spacial score (nSPS) is 30.2. The highest BCUT2D eigenvalue weighted by Gasteiger charge is 2.46. The molecule has 1 aromatic rings. The van der Waals surface area contributed by atoms with Crippen LogP contribution in [0.2, 0.25) is 0 Å². The van der Waals surface area contributed by atoms with Crippen molar-refractivity contribution in [3.8, 4) is 0 Å². The summed E-state index contributed by atoms with van der Waals surface area (Å²) in [7, 11) is 0. The zero-order valence-corrected chi connectivity index (χ0v) is 10.6. The summed E-state index contributed by atoms with van der Waals surface area (Å²) in [5, 5.41) is 2.42. The van der Waals surface area contributed by atoms with E-state index in [4.69, 9.17) is 0 Å². The molecule has 1 aromatic carbocycles. The van der Waals surface area contributed by atoms with E-state index in [9.17, 15) is 9.59 Å². The van der Waals surface area contributed by atoms with Crippen molar-refractivity contribution in [1.82, 2.24) is 5.32 Å². The van der Waals surface area contributed by atoms with Crippen molar-refractivity contribution < 1.29 is 9.59 Å². The second kappa shape index (κ2) is 4.28. The summed E-state index contributed by atoms with van der Waals surface area (Å²) in [5.41, 5.74) is 1.05. The number of thiol groups is 1. The van der Waals surface area contributed by atoms with Crippen molar-refractivity contribution >= 4 is 24.4 Å². The molecule has 2 amide bonds. The Balaban J connectivity index is 2.04. The molecule has 18 heavy (non-hydrogen) atoms. The Morgan fingerprint density at radius 2 is 1.94 bits per heavy atom. The zero-order chi connectivity index (χ0) is 12.7. The summed E-state index contributed by atoms with van der Waals surface area (Å²) < 4.78 is 0. The van der Waals surface area contributed by atoms with Crippen molar-refractivity contribution in [2.24, 2.45) is 11.8 Å². The van der Waals surface area contributed by atoms with Crippen LogP contribution in [0.4, 0.5) is 0 Å². The lowest BCUT2D eigenvalue weighted by molar-refractivity contribution is -0.126. The standard InChI is InChI=1S/C14H13NO2S/c16-13-10-6-3-5-9(12(10)14(17)15-13)8-4-1-2-7-11(8)18/h1-4,6-7,9-10,12,18H,5H2,(H,15,16,17). The number of imide groups is 1. The van der Waals surface area contributed by atoms with Crippen LogP contribution < -0.4 is 5.32 Å². The maximum absolute atomic E-state index is 11.9. The average Bonchev–Trinajstić information content (AvgIpc) is 2.66. The summed E-state index contributed by atoms with van der Waals surface area (Å²) in [4.78, 5) is 24.5. The van der Waals surface area contributed by atoms with Gasteiger partial charge in [0.1, 0.15) is 0 Å². The summed E-state index contributed by atoms with van der Waals surface area (Å²) in [6.45, 7) is 0. The van der Waals surface area contributed by atoms with Gasteiger partial charge in [-0.05, 0) is 18.1 Å². The number of amides is 2. The molecular weight excluding hydrogens is 246 g/mol. The molecule has 0 bridgehead atoms. The highest BCUT2D eigenvalue weighted by molar-refractivity contribution is 7.80. The van der Waals surface area contributed by atoms with E-state index in [1.54, 1.807) is 0 Å². The lowest BCUT2D eigenvalue weighted by atomic mass is 9.74. The third-order valence-electron chi connectivity index (χ3n) is 3.74. The van der Waals surface area contributed by atoms with Gasteiger partial charge in [0.25, 0.3) is 0 Å². The predicted octanol–water partition coefficient (Wildman–Crippen LogP) is 1.91. The van der Waals surface area contributed by atoms with Gasteiger partial charge in [0.15, 0.2) is 0 Å². The summed E-state index contributed by atoms with van der Waals surface area (Å²) in [6.07, 6.45) is 4.62. The van der Waals surface area contributed by atoms with Crippen LogP contribution in [-0.2, 0) is 9.59 Å². The SMILES string of the molecule is O=C1NC(=O)C2C1C=CCC2c1ccccc1S. The van der Waals surface area contributed by atoms with E-state index in [0.29, 0.717) is 0 Å². The molecule has 3 unspecified atom stereocenters. The molecule has 4 heteroatoms. The predicted molar refractivity (Wildman–Crippen MR) is 70.3 cm³/mol. The fourth-order valence-electron chi connectivity index (χ4n) is 2.89. The summed E-state index contributed by atoms with van der Waals surface area (Å²) in [6, 6.07) is 7.76. The van der Waals surface area contributed by atoms with Gasteiger partial charge in [-0.2, -0.15) is 0 Å². The number of nitrogens with one attached hydrogen (secondary N) is 1. The Morgan fingerprint density at radius 3 is 2.72 bits per heavy atom. The van der Waals surface area contributed by atoms with E-state index in [1.165, 1.54) is 0 Å². The molecule has 2 aliphatic rings. The molecule has 1 saturated heterocycles. The monoisotopic (exact) mass is 259 g/mol. The van der Waals surface area contributed by atoms with Gasteiger partial charge >= 0.3 is 0 Å². The quantitative estimate of drug-likeness (QED) is 0.460. The number of carbonyl (C=O) groups excluding carboxylic acids is 2. The third-order valence-corrected chi connectivity index (χ3v) is 4.15. The molecule has 1 aliphatic carbocycles. The Hall–Kier alpha value is -1.55. The molecule has 1 heterocycles. The first-order valence-corrected chi connectivity index (χ1v) is 6.42. The van der Waals surface area contributed by atoms with E-state index in [-0.39, 0.29) is 29.6 Å². The lowest BCUT2D eigenvalue weighted by Crippen LogP contribution is -2.27. The van der Waals surface area contributed by atoms with Crippen LogP contribution in [-0.4, -0.2) is 11.8 Å². The Morgan fingerprint density at radius 1 is 1.17 bits per heavy atom. The lowest BCUT2D eigenvalue weighted by Gasteiger charge is -2.27. The molecule has 0 spiro atoms. The molecule has 0 aromatic heterocycles. The number of hydrogen-bond acceptors (Lipinski definition) is 3. The van der Waals surface area contributed by atoms with Crippen molar-refractivity contribution in [2.75, 3.05) is 0 Å². The minimum atomic E-state index is -0.316. The topological polar surface area (TPSA) is 46.2 Å². The molecule has 1 fully saturated rings. The summed E-state index contributed by atoms with van der Waals surface area (Å²) in [5.74, 6) is -0.890. The van der Waals surface area contributed by atoms with Crippen LogP contribution in [0, 0.1) is 11.8 Å². The Labute approximate surface area is 111 Å². The summed E-state index contributed by atoms with van der Waals surface area (Å²) >= 11 is 4.45. The first-order valence-electron chi connectivity index (χ1n) is 5.98. The first kappa shape index (κ1) is 11.5. The van der Waals surface area contributed by atoms with Crippen LogP contribution in [0.3, 0.4) is 0 Å². The molecule has 3 nitrogen and oxygen atoms in total. The molecule has 1 N–H and O–H groups in total. The second-order valence-electron chi connectivity index (χ2n) is 4.73. The van der Waals surface area contributed by atoms with Crippen LogP contribution in [0.15, 0.2) is 41.3 Å². The van der Waals surface area contributed by atoms with Crippen LogP contribution in [0.5, 0.6) is 0 Å². The Bertz CT molecular complexity index is 552. The maximum atomic E-state index is 11.9. The van der Waals surface area contributed by atoms with Gasteiger partial charge < -0.3 is 0 Å². The molecule has 3 rings (SSSR count). The van der Waals surface area contributed by atoms with Gasteiger partial charge in [-0.3, -0.25) is 14.9 Å². The molecule has 0 saturated carbocycles. The van der Waals surface area contributed by atoms with E-state index >= 15 is 0 Å². The molecule has 92 valence electrons. The average molecular weight is 259 g/mol. The van der Waals surface area contributed by atoms with Crippen molar-refractivity contribution in [3.05, 3.63) is 42.0 Å². The minimum Gasteiger partial charge on any atom is -0.296 e. The van der Waals surface area contributed by atoms with Crippen molar-refractivity contribution in [2.45, 2.75) is 17.2 Å². The second-order valence-corrected chi connectivity index (χ2v) is 5.22. The van der Waals surface area contributed by atoms with Gasteiger partial charge in [-0.15, -0.1) is 12.6 Å². The van der Waals surface area contributed by atoms with E-state index in [1.807, 2.05) is 36.4 Å². The number of carbonyl (C=O) groups is 2. The largest absolute Gasteiger partial charge is 0.296 e. The minimum absolute atomic E-state index is 0.0418. The fourth-order valence-corrected chi connectivity index (χ4v) is 3.22. The molecular formula is C14H13NO2S. The number of fused-ring (bicyclic) bond motifs is 1. The van der Waals surface area contributed by atoms with Crippen LogP contribution in [0.25, 0.3) is 0 Å². The van der Waals surface area contributed by atoms with E-state index < -0.39 is 0 Å². The smallest absolute Gasteiger partial charge is 0.234 e. The maximum Gasteiger partial charge on any atom is 0.234 e. The van der Waals surface area contributed by atoms with Crippen molar-refractivity contribution in [1.29, 1.82) is 0 Å². The highest BCUT2D eigenvalue weighted by Crippen LogP contribution is 2.42. The van der Waals surface area contributed by atoms with Gasteiger partial charge in [0.2, 0.25) is 11.8 Å². The Kier molecular flexibility index (Phi) is 2.74. The van der Waals surface area contributed by atoms with Crippen molar-refractivity contribution in [3.63, 3.8) is 0 Å². The van der Waals surface area contributed by atoms with Gasteiger partial charge in [0, 0.05) is 10.8 Å². The fraction of sp³-hybridized carbons (Fsp3) is 0.286. The number of allylic oxidation sites excluding steroid dienone is 1. The first-order chi connectivity index (χ1) is 8.68. The molecule has 1 aliphatic heterocycles. The van der Waals surface area contributed by atoms with E-state index in [0.717, 1.165) is 16.9 Å². The van der Waals surface area contributed by atoms with Gasteiger partial charge in [-0.25, -0.2) is 0 Å². The molecule has 0 radical (unpaired) electrons. The number of benzene rings is 1. The highest BCUT2D eigenvalue weighted by atomic mass is 32.1. The zero-order valence-electron chi connectivity index (χ0n) is 9.67. The van der Waals surface area contributed by atoms with Crippen LogP contribution in [0.1, 0.15) is 17.9 Å².